The smallest absolute Gasteiger partial charge is 0.134 e. The summed E-state index contributed by atoms with van der Waals surface area (Å²) in [5, 5.41) is 0. The first-order valence-corrected chi connectivity index (χ1v) is 4.24. The molecule has 12 heavy (non-hydrogen) atoms. The van der Waals surface area contributed by atoms with Crippen molar-refractivity contribution in [2.24, 2.45) is 0 Å². The molecule has 0 aromatic heterocycles. The Kier molecular flexibility index (Phi) is 3.03. The number of carbonyl (C=O) groups excluding carboxylic acids is 1. The van der Waals surface area contributed by atoms with E-state index in [9.17, 15) is 4.79 Å². The van der Waals surface area contributed by atoms with Crippen LogP contribution in [0.15, 0.2) is 35.5 Å². The third kappa shape index (κ3) is 2.50. The largest absolute Gasteiger partial charge is 0.300 e. The summed E-state index contributed by atoms with van der Waals surface area (Å²) in [7, 11) is 0. The van der Waals surface area contributed by atoms with Gasteiger partial charge in [0.05, 0.1) is 0 Å². The molecule has 0 radical (unpaired) electrons. The molecule has 0 fully saturated rings. The zero-order valence-electron chi connectivity index (χ0n) is 7.63. The standard InChI is InChI=1S/C11H14O/c1-3-10-4-6-11(7-5-10)8-9(2)12/h3-4,6-7H,5,8H2,1-2H3. The van der Waals surface area contributed by atoms with Crippen molar-refractivity contribution in [3.05, 3.63) is 35.5 Å². The molecule has 64 valence electrons. The number of carbonyl (C=O) groups is 1. The second-order valence-electron chi connectivity index (χ2n) is 3.06. The highest BCUT2D eigenvalue weighted by molar-refractivity contribution is 5.79. The highest BCUT2D eigenvalue weighted by Gasteiger charge is 2.02. The number of rotatable bonds is 2. The Morgan fingerprint density at radius 3 is 2.75 bits per heavy atom. The quantitative estimate of drug-likeness (QED) is 0.610. The van der Waals surface area contributed by atoms with E-state index in [1.165, 1.54) is 5.57 Å². The molecule has 0 N–H and O–H groups in total. The lowest BCUT2D eigenvalue weighted by Crippen LogP contribution is -1.94. The molecule has 0 bridgehead atoms. The minimum absolute atomic E-state index is 0.231. The van der Waals surface area contributed by atoms with Gasteiger partial charge in [0.15, 0.2) is 0 Å². The summed E-state index contributed by atoms with van der Waals surface area (Å²) < 4.78 is 0. The van der Waals surface area contributed by atoms with Gasteiger partial charge in [-0.15, -0.1) is 0 Å². The zero-order valence-corrected chi connectivity index (χ0v) is 7.63. The Bertz CT molecular complexity index is 267. The lowest BCUT2D eigenvalue weighted by Gasteiger charge is -2.06. The van der Waals surface area contributed by atoms with Gasteiger partial charge in [0, 0.05) is 6.42 Å². The first-order valence-electron chi connectivity index (χ1n) is 4.24. The van der Waals surface area contributed by atoms with E-state index >= 15 is 0 Å². The normalized spacial score (nSPS) is 19.5. The Labute approximate surface area is 73.5 Å². The van der Waals surface area contributed by atoms with Crippen LogP contribution < -0.4 is 0 Å². The van der Waals surface area contributed by atoms with Gasteiger partial charge in [-0.25, -0.2) is 0 Å². The summed E-state index contributed by atoms with van der Waals surface area (Å²) in [5.74, 6) is 0.231. The van der Waals surface area contributed by atoms with Crippen LogP contribution in [0.5, 0.6) is 0 Å². The molecular weight excluding hydrogens is 148 g/mol. The van der Waals surface area contributed by atoms with Crippen LogP contribution in [-0.2, 0) is 4.79 Å². The van der Waals surface area contributed by atoms with Crippen molar-refractivity contribution in [3.8, 4) is 0 Å². The molecular formula is C11H14O. The fourth-order valence-corrected chi connectivity index (χ4v) is 1.23. The van der Waals surface area contributed by atoms with Gasteiger partial charge in [-0.2, -0.15) is 0 Å². The van der Waals surface area contributed by atoms with Crippen LogP contribution in [0.4, 0.5) is 0 Å². The first kappa shape index (κ1) is 8.98. The number of hydrogen-bond donors (Lipinski definition) is 0. The second kappa shape index (κ2) is 4.05. The summed E-state index contributed by atoms with van der Waals surface area (Å²) in [4.78, 5) is 10.8. The maximum Gasteiger partial charge on any atom is 0.134 e. The molecule has 1 rings (SSSR count). The predicted octanol–water partition coefficient (Wildman–Crippen LogP) is 2.80. The van der Waals surface area contributed by atoms with Crippen molar-refractivity contribution in [1.82, 2.24) is 0 Å². The fourth-order valence-electron chi connectivity index (χ4n) is 1.23. The molecule has 1 aliphatic carbocycles. The van der Waals surface area contributed by atoms with Gasteiger partial charge in [-0.3, -0.25) is 4.79 Å². The van der Waals surface area contributed by atoms with E-state index in [4.69, 9.17) is 0 Å². The number of Topliss-reactive ketones (excluding diaryl/α,β-unsaturated/α-hetero) is 1. The summed E-state index contributed by atoms with van der Waals surface area (Å²) >= 11 is 0. The zero-order chi connectivity index (χ0) is 8.97. The van der Waals surface area contributed by atoms with Crippen LogP contribution in [-0.4, -0.2) is 5.78 Å². The van der Waals surface area contributed by atoms with Crippen molar-refractivity contribution in [2.75, 3.05) is 0 Å². The summed E-state index contributed by atoms with van der Waals surface area (Å²) in [5.41, 5.74) is 2.47. The molecule has 0 saturated heterocycles. The maximum absolute atomic E-state index is 10.8. The molecule has 1 heteroatoms. The SMILES string of the molecule is CC=C1C=CC(CC(C)=O)=CC1. The van der Waals surface area contributed by atoms with E-state index in [-0.39, 0.29) is 5.78 Å². The molecule has 1 nitrogen and oxygen atoms in total. The Hall–Kier alpha value is -1.11. The van der Waals surface area contributed by atoms with Crippen molar-refractivity contribution in [1.29, 1.82) is 0 Å². The van der Waals surface area contributed by atoms with Gasteiger partial charge in [0.2, 0.25) is 0 Å². The van der Waals surface area contributed by atoms with Crippen LogP contribution in [0.1, 0.15) is 26.7 Å². The highest BCUT2D eigenvalue weighted by Crippen LogP contribution is 2.17. The van der Waals surface area contributed by atoms with Crippen LogP contribution in [0.2, 0.25) is 0 Å². The molecule has 0 spiro atoms. The molecule has 0 aromatic rings. The Morgan fingerprint density at radius 1 is 1.58 bits per heavy atom. The predicted molar refractivity (Wildman–Crippen MR) is 50.9 cm³/mol. The van der Waals surface area contributed by atoms with Crippen LogP contribution in [0.25, 0.3) is 0 Å². The van der Waals surface area contributed by atoms with Gasteiger partial charge in [0.1, 0.15) is 5.78 Å². The molecule has 1 aliphatic rings. The van der Waals surface area contributed by atoms with Crippen LogP contribution >= 0.6 is 0 Å². The minimum atomic E-state index is 0.231. The van der Waals surface area contributed by atoms with Gasteiger partial charge < -0.3 is 0 Å². The van der Waals surface area contributed by atoms with Crippen LogP contribution in [0.3, 0.4) is 0 Å². The van der Waals surface area contributed by atoms with E-state index in [1.807, 2.05) is 13.0 Å². The third-order valence-electron chi connectivity index (χ3n) is 1.94. The molecule has 0 amide bonds. The molecule has 0 aliphatic heterocycles. The average Bonchev–Trinajstić information content (AvgIpc) is 2.05. The average molecular weight is 162 g/mol. The lowest BCUT2D eigenvalue weighted by atomic mass is 9.99. The van der Waals surface area contributed by atoms with Gasteiger partial charge in [-0.05, 0) is 31.4 Å². The van der Waals surface area contributed by atoms with E-state index in [0.29, 0.717) is 6.42 Å². The van der Waals surface area contributed by atoms with Gasteiger partial charge >= 0.3 is 0 Å². The Balaban J connectivity index is 2.58. The third-order valence-corrected chi connectivity index (χ3v) is 1.94. The summed E-state index contributed by atoms with van der Waals surface area (Å²) in [6.45, 7) is 3.66. The number of allylic oxidation sites excluding steroid dienone is 6. The molecule has 0 heterocycles. The monoisotopic (exact) mass is 162 g/mol. The molecule has 0 aromatic carbocycles. The first-order chi connectivity index (χ1) is 5.72. The van der Waals surface area contributed by atoms with Gasteiger partial charge in [0.25, 0.3) is 0 Å². The number of ketones is 1. The van der Waals surface area contributed by atoms with E-state index < -0.39 is 0 Å². The van der Waals surface area contributed by atoms with E-state index in [2.05, 4.69) is 18.2 Å². The van der Waals surface area contributed by atoms with Crippen LogP contribution in [0, 0.1) is 0 Å². The van der Waals surface area contributed by atoms with Crippen molar-refractivity contribution >= 4 is 5.78 Å². The van der Waals surface area contributed by atoms with E-state index in [0.717, 1.165) is 12.0 Å². The maximum atomic E-state index is 10.8. The summed E-state index contributed by atoms with van der Waals surface area (Å²) in [6.07, 6.45) is 9.87. The van der Waals surface area contributed by atoms with Crippen molar-refractivity contribution in [2.45, 2.75) is 26.7 Å². The van der Waals surface area contributed by atoms with Crippen molar-refractivity contribution in [3.63, 3.8) is 0 Å². The second-order valence-corrected chi connectivity index (χ2v) is 3.06. The topological polar surface area (TPSA) is 17.1 Å². The molecule has 0 saturated carbocycles. The molecule has 0 unspecified atom stereocenters. The van der Waals surface area contributed by atoms with E-state index in [1.54, 1.807) is 6.92 Å². The number of hydrogen-bond acceptors (Lipinski definition) is 1. The molecule has 0 atom stereocenters. The van der Waals surface area contributed by atoms with Gasteiger partial charge in [-0.1, -0.05) is 24.3 Å². The highest BCUT2D eigenvalue weighted by atomic mass is 16.1. The lowest BCUT2D eigenvalue weighted by molar-refractivity contribution is -0.116. The fraction of sp³-hybridized carbons (Fsp3) is 0.364. The summed E-state index contributed by atoms with van der Waals surface area (Å²) in [6, 6.07) is 0. The Morgan fingerprint density at radius 2 is 2.33 bits per heavy atom. The van der Waals surface area contributed by atoms with Crippen molar-refractivity contribution < 1.29 is 4.79 Å². The minimum Gasteiger partial charge on any atom is -0.300 e.